The second-order valence-electron chi connectivity index (χ2n) is 7.78. The molecular formula is C20H32N2O3. The summed E-state index contributed by atoms with van der Waals surface area (Å²) < 4.78 is 11.4. The molecule has 0 aromatic heterocycles. The number of carbonyl (C=O) groups excluding carboxylic acids is 1. The lowest BCUT2D eigenvalue weighted by atomic mass is 9.54. The Labute approximate surface area is 151 Å². The molecule has 0 bridgehead atoms. The van der Waals surface area contributed by atoms with Gasteiger partial charge in [0.15, 0.2) is 0 Å². The van der Waals surface area contributed by atoms with E-state index < -0.39 is 11.0 Å². The van der Waals surface area contributed by atoms with Crippen LogP contribution in [0.1, 0.15) is 59.6 Å². The van der Waals surface area contributed by atoms with E-state index >= 15 is 0 Å². The molecule has 3 atom stereocenters. The molecule has 140 valence electrons. The van der Waals surface area contributed by atoms with Crippen LogP contribution in [0.15, 0.2) is 24.3 Å². The summed E-state index contributed by atoms with van der Waals surface area (Å²) in [6.07, 6.45) is 0.674. The molecule has 1 amide bonds. The van der Waals surface area contributed by atoms with Crippen molar-refractivity contribution < 1.29 is 14.3 Å². The molecular weight excluding hydrogens is 316 g/mol. The van der Waals surface area contributed by atoms with E-state index in [4.69, 9.17) is 15.2 Å². The Bertz CT molecular complexity index is 615. The Balaban J connectivity index is 2.06. The summed E-state index contributed by atoms with van der Waals surface area (Å²) >= 11 is 0. The van der Waals surface area contributed by atoms with E-state index in [-0.39, 0.29) is 24.2 Å². The van der Waals surface area contributed by atoms with Gasteiger partial charge >= 0.3 is 0 Å². The van der Waals surface area contributed by atoms with E-state index in [0.29, 0.717) is 13.0 Å². The van der Waals surface area contributed by atoms with Gasteiger partial charge in [-0.15, -0.1) is 0 Å². The van der Waals surface area contributed by atoms with Gasteiger partial charge in [-0.1, -0.05) is 26.0 Å². The van der Waals surface area contributed by atoms with Crippen LogP contribution in [0.5, 0.6) is 5.75 Å². The summed E-state index contributed by atoms with van der Waals surface area (Å²) in [5.41, 5.74) is 6.14. The molecule has 5 heteroatoms. The van der Waals surface area contributed by atoms with Crippen molar-refractivity contribution in [3.05, 3.63) is 29.8 Å². The summed E-state index contributed by atoms with van der Waals surface area (Å²) in [6.45, 7) is 12.5. The number of carbonyl (C=O) groups is 1. The van der Waals surface area contributed by atoms with Gasteiger partial charge in [-0.25, -0.2) is 0 Å². The third-order valence-electron chi connectivity index (χ3n) is 5.31. The van der Waals surface area contributed by atoms with Crippen molar-refractivity contribution in [2.45, 2.75) is 71.8 Å². The number of benzene rings is 1. The normalized spacial score (nSPS) is 26.0. The molecule has 1 fully saturated rings. The topological polar surface area (TPSA) is 73.6 Å². The smallest absolute Gasteiger partial charge is 0.241 e. The van der Waals surface area contributed by atoms with Crippen LogP contribution in [0, 0.1) is 5.41 Å². The zero-order valence-corrected chi connectivity index (χ0v) is 16.3. The summed E-state index contributed by atoms with van der Waals surface area (Å²) in [5, 5.41) is 3.06. The lowest BCUT2D eigenvalue weighted by Gasteiger charge is -2.57. The van der Waals surface area contributed by atoms with Gasteiger partial charge in [-0.3, -0.25) is 4.79 Å². The highest BCUT2D eigenvalue weighted by Crippen LogP contribution is 2.50. The predicted octanol–water partition coefficient (Wildman–Crippen LogP) is 3.18. The Hall–Kier alpha value is -1.59. The van der Waals surface area contributed by atoms with Gasteiger partial charge < -0.3 is 20.5 Å². The molecule has 3 N–H and O–H groups in total. The first kappa shape index (κ1) is 19.7. The standard InChI is InChI=1S/C20H32N2O3/c1-7-24-17-12-20(21,19(17,5)6)18(23)22-14(4)15-9-8-10-16(11-15)25-13(2)3/h8-11,13-14,17H,7,12,21H2,1-6H3,(H,22,23). The minimum atomic E-state index is -0.910. The van der Waals surface area contributed by atoms with Crippen molar-refractivity contribution in [1.82, 2.24) is 5.32 Å². The van der Waals surface area contributed by atoms with E-state index in [2.05, 4.69) is 5.32 Å². The number of nitrogens with one attached hydrogen (secondary N) is 1. The highest BCUT2D eigenvalue weighted by Gasteiger charge is 2.62. The minimum Gasteiger partial charge on any atom is -0.491 e. The molecule has 0 heterocycles. The average Bonchev–Trinajstić information content (AvgIpc) is 2.53. The van der Waals surface area contributed by atoms with Crippen LogP contribution < -0.4 is 15.8 Å². The van der Waals surface area contributed by atoms with E-state index in [9.17, 15) is 4.79 Å². The quantitative estimate of drug-likeness (QED) is 0.794. The molecule has 1 saturated carbocycles. The van der Waals surface area contributed by atoms with E-state index in [0.717, 1.165) is 11.3 Å². The fourth-order valence-corrected chi connectivity index (χ4v) is 3.36. The molecule has 25 heavy (non-hydrogen) atoms. The van der Waals surface area contributed by atoms with Crippen LogP contribution in [0.3, 0.4) is 0 Å². The van der Waals surface area contributed by atoms with Gasteiger partial charge in [-0.2, -0.15) is 0 Å². The molecule has 0 aliphatic heterocycles. The van der Waals surface area contributed by atoms with Crippen molar-refractivity contribution in [1.29, 1.82) is 0 Å². The highest BCUT2D eigenvalue weighted by atomic mass is 16.5. The van der Waals surface area contributed by atoms with Gasteiger partial charge in [0.1, 0.15) is 11.3 Å². The Morgan fingerprint density at radius 3 is 2.60 bits per heavy atom. The largest absolute Gasteiger partial charge is 0.491 e. The average molecular weight is 348 g/mol. The van der Waals surface area contributed by atoms with Crippen molar-refractivity contribution in [3.63, 3.8) is 0 Å². The molecule has 5 nitrogen and oxygen atoms in total. The van der Waals surface area contributed by atoms with E-state index in [1.165, 1.54) is 0 Å². The van der Waals surface area contributed by atoms with Crippen LogP contribution in [-0.2, 0) is 9.53 Å². The fourth-order valence-electron chi connectivity index (χ4n) is 3.36. The SMILES string of the molecule is CCOC1CC(N)(C(=O)NC(C)c2cccc(OC(C)C)c2)C1(C)C. The molecule has 3 unspecified atom stereocenters. The number of amides is 1. The zero-order valence-electron chi connectivity index (χ0n) is 16.3. The second-order valence-corrected chi connectivity index (χ2v) is 7.78. The molecule has 1 aliphatic rings. The summed E-state index contributed by atoms with van der Waals surface area (Å²) in [5.74, 6) is 0.674. The lowest BCUT2D eigenvalue weighted by molar-refractivity contribution is -0.171. The predicted molar refractivity (Wildman–Crippen MR) is 99.5 cm³/mol. The summed E-state index contributed by atoms with van der Waals surface area (Å²) in [7, 11) is 0. The number of nitrogens with two attached hydrogens (primary N) is 1. The molecule has 0 spiro atoms. The molecule has 1 aliphatic carbocycles. The Kier molecular flexibility index (Phi) is 5.79. The number of rotatable bonds is 7. The first-order valence-corrected chi connectivity index (χ1v) is 9.10. The molecule has 0 saturated heterocycles. The maximum Gasteiger partial charge on any atom is 0.241 e. The zero-order chi connectivity index (χ0) is 18.8. The summed E-state index contributed by atoms with van der Waals surface area (Å²) in [4.78, 5) is 12.8. The fraction of sp³-hybridized carbons (Fsp3) is 0.650. The van der Waals surface area contributed by atoms with Crippen LogP contribution in [0.2, 0.25) is 0 Å². The van der Waals surface area contributed by atoms with Crippen molar-refractivity contribution in [2.24, 2.45) is 11.1 Å². The van der Waals surface area contributed by atoms with Gasteiger partial charge in [0.2, 0.25) is 5.91 Å². The highest BCUT2D eigenvalue weighted by molar-refractivity contribution is 5.89. The van der Waals surface area contributed by atoms with Crippen LogP contribution in [0.4, 0.5) is 0 Å². The van der Waals surface area contributed by atoms with Gasteiger partial charge in [-0.05, 0) is 45.4 Å². The van der Waals surface area contributed by atoms with Gasteiger partial charge in [0, 0.05) is 18.4 Å². The van der Waals surface area contributed by atoms with E-state index in [1.807, 2.05) is 65.8 Å². The maximum atomic E-state index is 12.8. The second kappa shape index (κ2) is 7.34. The third kappa shape index (κ3) is 3.82. The molecule has 1 aromatic carbocycles. The van der Waals surface area contributed by atoms with Crippen molar-refractivity contribution in [2.75, 3.05) is 6.61 Å². The van der Waals surface area contributed by atoms with Gasteiger partial charge in [0.05, 0.1) is 18.2 Å². The molecule has 0 radical (unpaired) electrons. The van der Waals surface area contributed by atoms with Crippen LogP contribution >= 0.6 is 0 Å². The first-order valence-electron chi connectivity index (χ1n) is 9.10. The Morgan fingerprint density at radius 2 is 2.04 bits per heavy atom. The van der Waals surface area contributed by atoms with Crippen molar-refractivity contribution in [3.8, 4) is 5.75 Å². The summed E-state index contributed by atoms with van der Waals surface area (Å²) in [6, 6.07) is 7.65. The third-order valence-corrected chi connectivity index (χ3v) is 5.31. The first-order chi connectivity index (χ1) is 11.6. The number of hydrogen-bond donors (Lipinski definition) is 2. The van der Waals surface area contributed by atoms with Gasteiger partial charge in [0.25, 0.3) is 0 Å². The lowest BCUT2D eigenvalue weighted by Crippen LogP contribution is -2.75. The molecule has 1 aromatic rings. The number of ether oxygens (including phenoxy) is 2. The van der Waals surface area contributed by atoms with Crippen molar-refractivity contribution >= 4 is 5.91 Å². The maximum absolute atomic E-state index is 12.8. The van der Waals surface area contributed by atoms with Crippen LogP contribution in [-0.4, -0.2) is 30.3 Å². The van der Waals surface area contributed by atoms with E-state index in [1.54, 1.807) is 0 Å². The monoisotopic (exact) mass is 348 g/mol. The van der Waals surface area contributed by atoms with Crippen LogP contribution in [0.25, 0.3) is 0 Å². The minimum absolute atomic E-state index is 0.0197. The Morgan fingerprint density at radius 1 is 1.36 bits per heavy atom. The number of hydrogen-bond acceptors (Lipinski definition) is 4. The molecule has 2 rings (SSSR count).